The molecule has 0 aliphatic carbocycles. The monoisotopic (exact) mass is 494 g/mol. The number of fused-ring (bicyclic) bond motifs is 2. The molecule has 0 bridgehead atoms. The molecule has 37 heavy (non-hydrogen) atoms. The van der Waals surface area contributed by atoms with Crippen molar-refractivity contribution in [1.82, 2.24) is 25.5 Å². The maximum absolute atomic E-state index is 12.4. The van der Waals surface area contributed by atoms with Gasteiger partial charge in [0.05, 0.1) is 17.2 Å². The Balaban J connectivity index is 1.24. The lowest BCUT2D eigenvalue weighted by Crippen LogP contribution is -2.41. The van der Waals surface area contributed by atoms with Crippen molar-refractivity contribution in [2.45, 2.75) is 18.9 Å². The number of amides is 1. The van der Waals surface area contributed by atoms with Crippen molar-refractivity contribution >= 4 is 39.2 Å². The fourth-order valence-corrected chi connectivity index (χ4v) is 4.44. The fraction of sp³-hybridized carbons (Fsp3) is 0.214. The van der Waals surface area contributed by atoms with Gasteiger partial charge in [-0.3, -0.25) is 9.89 Å². The van der Waals surface area contributed by atoms with Gasteiger partial charge in [-0.15, -0.1) is 0 Å². The van der Waals surface area contributed by atoms with E-state index < -0.39 is 0 Å². The summed E-state index contributed by atoms with van der Waals surface area (Å²) in [5.41, 5.74) is 3.48. The summed E-state index contributed by atoms with van der Waals surface area (Å²) >= 11 is 0. The second-order valence-electron chi connectivity index (χ2n) is 8.98. The molecular weight excluding hydrogens is 468 g/mol. The predicted octanol–water partition coefficient (Wildman–Crippen LogP) is 4.59. The van der Waals surface area contributed by atoms with E-state index in [1.165, 1.54) is 0 Å². The van der Waals surface area contributed by atoms with Crippen molar-refractivity contribution in [2.75, 3.05) is 25.1 Å². The summed E-state index contributed by atoms with van der Waals surface area (Å²) in [6.07, 6.45) is 3.44. The zero-order valence-electron chi connectivity index (χ0n) is 20.1. The number of nitrogens with one attached hydrogen (secondary N) is 3. The lowest BCUT2D eigenvalue weighted by Gasteiger charge is -2.23. The molecule has 9 heteroatoms. The average Bonchev–Trinajstić information content (AvgIpc) is 3.41. The maximum Gasteiger partial charge on any atom is 0.258 e. The number of carbonyl (C=O) groups is 1. The Kier molecular flexibility index (Phi) is 6.35. The minimum absolute atomic E-state index is 0.0529. The molecule has 0 radical (unpaired) electrons. The van der Waals surface area contributed by atoms with Gasteiger partial charge in [0.25, 0.3) is 5.91 Å². The van der Waals surface area contributed by atoms with Gasteiger partial charge < -0.3 is 20.1 Å². The van der Waals surface area contributed by atoms with Gasteiger partial charge in [-0.05, 0) is 55.3 Å². The minimum Gasteiger partial charge on any atom is -0.484 e. The lowest BCUT2D eigenvalue weighted by molar-refractivity contribution is -0.124. The summed E-state index contributed by atoms with van der Waals surface area (Å²) in [7, 11) is 0. The Morgan fingerprint density at radius 1 is 1.03 bits per heavy atom. The van der Waals surface area contributed by atoms with Crippen molar-refractivity contribution < 1.29 is 14.3 Å². The first-order valence-corrected chi connectivity index (χ1v) is 12.3. The van der Waals surface area contributed by atoms with Crippen LogP contribution in [0.2, 0.25) is 0 Å². The molecule has 1 aliphatic heterocycles. The van der Waals surface area contributed by atoms with Gasteiger partial charge in [0.15, 0.2) is 12.4 Å². The molecule has 1 aliphatic rings. The van der Waals surface area contributed by atoms with Crippen LogP contribution in [-0.2, 0) is 9.53 Å². The molecule has 1 amide bonds. The molecular formula is C28H26N6O3. The quantitative estimate of drug-likeness (QED) is 0.303. The Hall–Kier alpha value is -4.50. The molecule has 9 nitrogen and oxygen atoms in total. The van der Waals surface area contributed by atoms with Crippen LogP contribution in [0.5, 0.6) is 5.75 Å². The number of H-pyrrole nitrogens is 1. The molecule has 5 aromatic rings. The summed E-state index contributed by atoms with van der Waals surface area (Å²) in [5, 5.41) is 15.4. The van der Waals surface area contributed by atoms with Gasteiger partial charge in [-0.1, -0.05) is 24.3 Å². The Bertz CT molecular complexity index is 1560. The van der Waals surface area contributed by atoms with Crippen LogP contribution in [0.3, 0.4) is 0 Å². The zero-order valence-corrected chi connectivity index (χ0v) is 20.1. The summed E-state index contributed by atoms with van der Waals surface area (Å²) < 4.78 is 11.1. The van der Waals surface area contributed by atoms with E-state index in [1.807, 2.05) is 66.7 Å². The molecule has 0 atom stereocenters. The number of aromatic nitrogens is 4. The number of carbonyl (C=O) groups excluding carboxylic acids is 1. The highest BCUT2D eigenvalue weighted by atomic mass is 16.5. The van der Waals surface area contributed by atoms with Crippen LogP contribution >= 0.6 is 0 Å². The van der Waals surface area contributed by atoms with Gasteiger partial charge in [0, 0.05) is 41.3 Å². The Morgan fingerprint density at radius 3 is 2.84 bits per heavy atom. The molecule has 1 fully saturated rings. The number of hydrogen-bond donors (Lipinski definition) is 3. The SMILES string of the molecule is O=C(COc1cccc(-c2nc(Nc3ccc4[nH]ncc4c3)c3ccccc3n2)c1)NC1CCOCC1. The molecule has 1 saturated heterocycles. The number of benzene rings is 3. The van der Waals surface area contributed by atoms with Crippen LogP contribution in [0, 0.1) is 0 Å². The van der Waals surface area contributed by atoms with Crippen LogP contribution < -0.4 is 15.4 Å². The number of hydrogen-bond acceptors (Lipinski definition) is 7. The highest BCUT2D eigenvalue weighted by Crippen LogP contribution is 2.29. The first-order chi connectivity index (χ1) is 18.2. The summed E-state index contributed by atoms with van der Waals surface area (Å²) in [6, 6.07) is 21.5. The van der Waals surface area contributed by atoms with E-state index in [4.69, 9.17) is 19.4 Å². The van der Waals surface area contributed by atoms with Crippen molar-refractivity contribution in [2.24, 2.45) is 0 Å². The number of anilines is 2. The van der Waals surface area contributed by atoms with Gasteiger partial charge in [0.2, 0.25) is 0 Å². The highest BCUT2D eigenvalue weighted by Gasteiger charge is 2.16. The molecule has 3 aromatic carbocycles. The summed E-state index contributed by atoms with van der Waals surface area (Å²) in [5.74, 6) is 1.70. The third-order valence-electron chi connectivity index (χ3n) is 6.35. The summed E-state index contributed by atoms with van der Waals surface area (Å²) in [6.45, 7) is 1.30. The zero-order chi connectivity index (χ0) is 25.0. The number of rotatable bonds is 7. The van der Waals surface area contributed by atoms with Gasteiger partial charge >= 0.3 is 0 Å². The maximum atomic E-state index is 12.4. The lowest BCUT2D eigenvalue weighted by atomic mass is 10.1. The van der Waals surface area contributed by atoms with Crippen molar-refractivity contribution in [3.05, 3.63) is 72.9 Å². The van der Waals surface area contributed by atoms with E-state index in [2.05, 4.69) is 20.8 Å². The number of nitrogens with zero attached hydrogens (tertiary/aromatic N) is 3. The van der Waals surface area contributed by atoms with Crippen molar-refractivity contribution in [1.29, 1.82) is 0 Å². The second kappa shape index (κ2) is 10.2. The molecule has 3 heterocycles. The molecule has 0 saturated carbocycles. The van der Waals surface area contributed by atoms with E-state index in [9.17, 15) is 4.79 Å². The van der Waals surface area contributed by atoms with E-state index in [1.54, 1.807) is 6.20 Å². The molecule has 6 rings (SSSR count). The molecule has 0 spiro atoms. The molecule has 186 valence electrons. The third kappa shape index (κ3) is 5.22. The average molecular weight is 495 g/mol. The van der Waals surface area contributed by atoms with Crippen LogP contribution in [0.25, 0.3) is 33.2 Å². The number of aromatic amines is 1. The standard InChI is InChI=1S/C28H26N6O3/c35-26(30-20-10-12-36-13-11-20)17-37-22-5-3-4-18(15-22)27-32-25-7-2-1-6-23(25)28(33-27)31-21-8-9-24-19(14-21)16-29-34-24/h1-9,14-16,20H,10-13,17H2,(H,29,34)(H,30,35)(H,31,32,33). The molecule has 2 aromatic heterocycles. The predicted molar refractivity (Wildman–Crippen MR) is 142 cm³/mol. The minimum atomic E-state index is -0.139. The molecule has 3 N–H and O–H groups in total. The topological polar surface area (TPSA) is 114 Å². The highest BCUT2D eigenvalue weighted by molar-refractivity contribution is 5.93. The largest absolute Gasteiger partial charge is 0.484 e. The van der Waals surface area contributed by atoms with Crippen LogP contribution in [-0.4, -0.2) is 51.9 Å². The van der Waals surface area contributed by atoms with Gasteiger partial charge in [-0.2, -0.15) is 5.10 Å². The number of ether oxygens (including phenoxy) is 2. The first kappa shape index (κ1) is 22.9. The molecule has 0 unspecified atom stereocenters. The van der Waals surface area contributed by atoms with Gasteiger partial charge in [-0.25, -0.2) is 9.97 Å². The van der Waals surface area contributed by atoms with Crippen LogP contribution in [0.1, 0.15) is 12.8 Å². The van der Waals surface area contributed by atoms with Crippen molar-refractivity contribution in [3.63, 3.8) is 0 Å². The Morgan fingerprint density at radius 2 is 1.92 bits per heavy atom. The van der Waals surface area contributed by atoms with Crippen LogP contribution in [0.15, 0.2) is 72.9 Å². The smallest absolute Gasteiger partial charge is 0.258 e. The van der Waals surface area contributed by atoms with E-state index in [-0.39, 0.29) is 18.6 Å². The Labute approximate surface area is 213 Å². The summed E-state index contributed by atoms with van der Waals surface area (Å²) in [4.78, 5) is 22.0. The van der Waals surface area contributed by atoms with E-state index in [0.29, 0.717) is 30.6 Å². The van der Waals surface area contributed by atoms with Crippen LogP contribution in [0.4, 0.5) is 11.5 Å². The number of para-hydroxylation sites is 1. The first-order valence-electron chi connectivity index (χ1n) is 12.3. The van der Waals surface area contributed by atoms with E-state index >= 15 is 0 Å². The third-order valence-corrected chi connectivity index (χ3v) is 6.35. The second-order valence-corrected chi connectivity index (χ2v) is 8.98. The van der Waals surface area contributed by atoms with E-state index in [0.717, 1.165) is 45.9 Å². The van der Waals surface area contributed by atoms with Gasteiger partial charge in [0.1, 0.15) is 11.6 Å². The van der Waals surface area contributed by atoms with Crippen molar-refractivity contribution in [3.8, 4) is 17.1 Å². The normalized spacial score (nSPS) is 14.1. The fourth-order valence-electron chi connectivity index (χ4n) is 4.44.